The Hall–Kier alpha value is -2.42. The van der Waals surface area contributed by atoms with Crippen LogP contribution in [0.15, 0.2) is 22.0 Å². The quantitative estimate of drug-likeness (QED) is 0.335. The van der Waals surface area contributed by atoms with Crippen molar-refractivity contribution in [1.29, 1.82) is 0 Å². The number of hydrogen-bond donors (Lipinski definition) is 1. The van der Waals surface area contributed by atoms with Crippen LogP contribution in [0.1, 0.15) is 65.1 Å². The van der Waals surface area contributed by atoms with Crippen LogP contribution in [0.4, 0.5) is 0 Å². The van der Waals surface area contributed by atoms with Gasteiger partial charge in [0.05, 0.1) is 24.4 Å². The van der Waals surface area contributed by atoms with Gasteiger partial charge in [-0.1, -0.05) is 25.9 Å². The van der Waals surface area contributed by atoms with Crippen LogP contribution in [0.25, 0.3) is 0 Å². The van der Waals surface area contributed by atoms with E-state index in [1.54, 1.807) is 6.21 Å². The summed E-state index contributed by atoms with van der Waals surface area (Å²) >= 11 is 0. The van der Waals surface area contributed by atoms with Crippen molar-refractivity contribution >= 4 is 11.9 Å². The maximum absolute atomic E-state index is 12.0. The monoisotopic (exact) mass is 402 g/mol. The molecule has 158 valence electrons. The Bertz CT molecular complexity index is 845. The van der Waals surface area contributed by atoms with Crippen LogP contribution in [-0.2, 0) is 10.2 Å². The molecule has 0 aromatic carbocycles. The van der Waals surface area contributed by atoms with Crippen LogP contribution in [0, 0.1) is 11.1 Å². The van der Waals surface area contributed by atoms with Crippen LogP contribution in [0.3, 0.4) is 0 Å². The van der Waals surface area contributed by atoms with Gasteiger partial charge >= 0.3 is 0 Å². The third-order valence-electron chi connectivity index (χ3n) is 6.48. The summed E-state index contributed by atoms with van der Waals surface area (Å²) in [6.07, 6.45) is 8.22. The van der Waals surface area contributed by atoms with Gasteiger partial charge in [0.15, 0.2) is 18.2 Å². The first-order valence-electron chi connectivity index (χ1n) is 10.4. The molecule has 2 N–H and O–H groups in total. The molecule has 2 saturated heterocycles. The number of ether oxygens (including phenoxy) is 1. The van der Waals surface area contributed by atoms with Crippen LogP contribution < -0.4 is 5.73 Å². The molecule has 2 fully saturated rings. The third kappa shape index (κ3) is 3.52. The Labute approximate surface area is 170 Å². The average molecular weight is 402 g/mol. The summed E-state index contributed by atoms with van der Waals surface area (Å²) in [6, 6.07) is -0.177. The first kappa shape index (κ1) is 19.9. The lowest BCUT2D eigenvalue weighted by atomic mass is 9.86. The van der Waals surface area contributed by atoms with Gasteiger partial charge in [0, 0.05) is 11.3 Å². The highest BCUT2D eigenvalue weighted by atomic mass is 16.5. The lowest BCUT2D eigenvalue weighted by molar-refractivity contribution is -0.376. The van der Waals surface area contributed by atoms with Crippen molar-refractivity contribution in [3.63, 3.8) is 0 Å². The maximum Gasteiger partial charge on any atom is 0.274 e. The highest BCUT2D eigenvalue weighted by molar-refractivity contribution is 6.00. The normalized spacial score (nSPS) is 30.7. The zero-order valence-corrected chi connectivity index (χ0v) is 17.5. The van der Waals surface area contributed by atoms with E-state index in [1.165, 1.54) is 12.4 Å². The van der Waals surface area contributed by atoms with Crippen molar-refractivity contribution in [3.8, 4) is 0 Å². The van der Waals surface area contributed by atoms with Gasteiger partial charge in [-0.3, -0.25) is 5.01 Å². The molecule has 0 radical (unpaired) electrons. The molecular weight excluding hydrogens is 372 g/mol. The number of fused-ring (bicyclic) bond motifs is 4. The van der Waals surface area contributed by atoms with Crippen molar-refractivity contribution in [2.75, 3.05) is 0 Å². The predicted molar refractivity (Wildman–Crippen MR) is 108 cm³/mol. The zero-order valence-electron chi connectivity index (χ0n) is 17.5. The minimum Gasteiger partial charge on any atom is -0.619 e. The van der Waals surface area contributed by atoms with Gasteiger partial charge in [0.1, 0.15) is 11.8 Å². The molecule has 9 nitrogen and oxygen atoms in total. The number of nitrogens with two attached hydrogens (primary N) is 1. The second kappa shape index (κ2) is 7.44. The summed E-state index contributed by atoms with van der Waals surface area (Å²) in [5, 5.41) is 23.1. The number of hydroxylamine groups is 1. The molecule has 0 amide bonds. The summed E-state index contributed by atoms with van der Waals surface area (Å²) in [6.45, 7) is 8.26. The molecular formula is C20H30N6O3. The van der Waals surface area contributed by atoms with E-state index in [9.17, 15) is 5.21 Å². The molecule has 29 heavy (non-hydrogen) atoms. The fourth-order valence-electron chi connectivity index (χ4n) is 4.47. The first-order chi connectivity index (χ1) is 13.8. The van der Waals surface area contributed by atoms with E-state index in [0.717, 1.165) is 31.4 Å². The minimum absolute atomic E-state index is 0.0554. The summed E-state index contributed by atoms with van der Waals surface area (Å²) < 4.78 is 12.6. The van der Waals surface area contributed by atoms with Gasteiger partial charge < -0.3 is 20.2 Å². The number of hydrazone groups is 1. The fraction of sp³-hybridized carbons (Fsp3) is 0.700. The summed E-state index contributed by atoms with van der Waals surface area (Å²) in [5.74, 6) is 1.33. The van der Waals surface area contributed by atoms with Gasteiger partial charge in [-0.05, 0) is 32.6 Å². The summed E-state index contributed by atoms with van der Waals surface area (Å²) in [5.41, 5.74) is 5.98. The Balaban J connectivity index is 1.68. The molecule has 5 unspecified atom stereocenters. The SMILES string of the molecule is CCC(C)(C)c1noc(C2=NN(C(C)/C=[N+]([O-])\C=C/N)C3C4CCC(CC23)O4)n1. The third-order valence-corrected chi connectivity index (χ3v) is 6.48. The number of hydrogen-bond acceptors (Lipinski definition) is 8. The van der Waals surface area contributed by atoms with E-state index in [-0.39, 0.29) is 35.6 Å². The molecule has 4 rings (SSSR count). The van der Waals surface area contributed by atoms with E-state index in [4.69, 9.17) is 25.1 Å². The molecule has 9 heteroatoms. The standard InChI is InChI=1S/C20H30N6O3/c1-5-20(3,4)19-22-18(29-24-19)16-14-10-13-6-7-15(28-13)17(14)26(23-16)12(2)11-25(27)9-8-21/h8-9,11-15,17H,5-7,10,21H2,1-4H3/b9-8-,25-11+. The van der Waals surface area contributed by atoms with E-state index in [2.05, 4.69) is 25.9 Å². The van der Waals surface area contributed by atoms with Crippen molar-refractivity contribution in [1.82, 2.24) is 15.1 Å². The van der Waals surface area contributed by atoms with E-state index >= 15 is 0 Å². The topological polar surface area (TPSA) is 116 Å². The number of rotatable bonds is 6. The molecule has 0 saturated carbocycles. The largest absolute Gasteiger partial charge is 0.619 e. The molecule has 3 aliphatic rings. The molecule has 4 heterocycles. The van der Waals surface area contributed by atoms with E-state index in [0.29, 0.717) is 16.5 Å². The first-order valence-corrected chi connectivity index (χ1v) is 10.4. The van der Waals surface area contributed by atoms with Gasteiger partial charge in [-0.2, -0.15) is 14.8 Å². The Morgan fingerprint density at radius 1 is 1.41 bits per heavy atom. The average Bonchev–Trinajstić information content (AvgIpc) is 3.39. The highest BCUT2D eigenvalue weighted by Crippen LogP contribution is 2.44. The van der Waals surface area contributed by atoms with Crippen LogP contribution in [0.5, 0.6) is 0 Å². The second-order valence-electron chi connectivity index (χ2n) is 8.82. The van der Waals surface area contributed by atoms with Crippen molar-refractivity contribution in [2.45, 2.75) is 83.1 Å². The lowest BCUT2D eigenvalue weighted by Gasteiger charge is -2.37. The van der Waals surface area contributed by atoms with Gasteiger partial charge in [0.25, 0.3) is 5.89 Å². The van der Waals surface area contributed by atoms with Crippen molar-refractivity contribution in [3.05, 3.63) is 29.3 Å². The van der Waals surface area contributed by atoms with Gasteiger partial charge in [-0.15, -0.1) is 0 Å². The Morgan fingerprint density at radius 3 is 2.93 bits per heavy atom. The molecule has 2 bridgehead atoms. The number of aromatic nitrogens is 2. The lowest BCUT2D eigenvalue weighted by Crippen LogP contribution is -2.50. The smallest absolute Gasteiger partial charge is 0.274 e. The van der Waals surface area contributed by atoms with E-state index < -0.39 is 0 Å². The van der Waals surface area contributed by atoms with E-state index in [1.807, 2.05) is 11.9 Å². The van der Waals surface area contributed by atoms with Gasteiger partial charge in [-0.25, -0.2) is 0 Å². The molecule has 0 spiro atoms. The molecule has 1 aromatic heterocycles. The molecule has 0 aliphatic carbocycles. The Morgan fingerprint density at radius 2 is 2.21 bits per heavy atom. The fourth-order valence-corrected chi connectivity index (χ4v) is 4.47. The minimum atomic E-state index is -0.232. The molecule has 5 atom stereocenters. The van der Waals surface area contributed by atoms with Crippen LogP contribution in [0.2, 0.25) is 0 Å². The zero-order chi connectivity index (χ0) is 20.8. The molecule has 1 aromatic rings. The highest BCUT2D eigenvalue weighted by Gasteiger charge is 2.53. The van der Waals surface area contributed by atoms with Crippen molar-refractivity contribution in [2.24, 2.45) is 16.8 Å². The second-order valence-corrected chi connectivity index (χ2v) is 8.82. The molecule has 3 aliphatic heterocycles. The van der Waals surface area contributed by atoms with Crippen LogP contribution in [-0.4, -0.2) is 56.1 Å². The van der Waals surface area contributed by atoms with Crippen molar-refractivity contribution < 1.29 is 14.0 Å². The number of nitrogens with zero attached hydrogens (tertiary/aromatic N) is 5. The van der Waals surface area contributed by atoms with Gasteiger partial charge in [0.2, 0.25) is 0 Å². The van der Waals surface area contributed by atoms with Crippen LogP contribution >= 0.6 is 0 Å². The summed E-state index contributed by atoms with van der Waals surface area (Å²) in [4.78, 5) is 4.69. The Kier molecular flexibility index (Phi) is 5.10. The maximum atomic E-state index is 12.0. The summed E-state index contributed by atoms with van der Waals surface area (Å²) in [7, 11) is 0. The predicted octanol–water partition coefficient (Wildman–Crippen LogP) is 2.11.